The van der Waals surface area contributed by atoms with Gasteiger partial charge in [0.1, 0.15) is 5.75 Å². The molecule has 94 valence electrons. The molecule has 0 saturated carbocycles. The molecule has 0 saturated heterocycles. The second kappa shape index (κ2) is 6.25. The number of carbonyl (C=O) groups excluding carboxylic acids is 1. The van der Waals surface area contributed by atoms with Crippen LogP contribution in [0.1, 0.15) is 31.7 Å². The van der Waals surface area contributed by atoms with Crippen molar-refractivity contribution in [3.05, 3.63) is 23.8 Å². The summed E-state index contributed by atoms with van der Waals surface area (Å²) in [5.74, 6) is 0.140. The zero-order valence-electron chi connectivity index (χ0n) is 10.4. The quantitative estimate of drug-likeness (QED) is 0.686. The number of rotatable bonds is 5. The minimum absolute atomic E-state index is 0.0850. The summed E-state index contributed by atoms with van der Waals surface area (Å²) in [4.78, 5) is 11.6. The van der Waals surface area contributed by atoms with Gasteiger partial charge in [-0.3, -0.25) is 4.79 Å². The van der Waals surface area contributed by atoms with Crippen molar-refractivity contribution in [2.75, 3.05) is 5.32 Å². The molecule has 0 bridgehead atoms. The summed E-state index contributed by atoms with van der Waals surface area (Å²) < 4.78 is 0. The third-order valence-electron chi connectivity index (χ3n) is 2.59. The molecule has 1 rings (SSSR count). The summed E-state index contributed by atoms with van der Waals surface area (Å²) in [5, 5.41) is 12.1. The molecule has 0 aliphatic rings. The number of phenolic OH excluding ortho intramolecular Hbond substituents is 1. The van der Waals surface area contributed by atoms with E-state index in [-0.39, 0.29) is 17.7 Å². The highest BCUT2D eigenvalue weighted by molar-refractivity contribution is 5.91. The Hall–Kier alpha value is -1.55. The van der Waals surface area contributed by atoms with Gasteiger partial charge in [-0.2, -0.15) is 0 Å². The number of aromatic hydroxyl groups is 1. The summed E-state index contributed by atoms with van der Waals surface area (Å²) in [5.41, 5.74) is 7.22. The average molecular weight is 236 g/mol. The lowest BCUT2D eigenvalue weighted by Gasteiger charge is -2.11. The highest BCUT2D eigenvalue weighted by atomic mass is 16.3. The van der Waals surface area contributed by atoms with Crippen LogP contribution < -0.4 is 11.1 Å². The van der Waals surface area contributed by atoms with Crippen molar-refractivity contribution in [1.82, 2.24) is 0 Å². The lowest BCUT2D eigenvalue weighted by atomic mass is 10.1. The van der Waals surface area contributed by atoms with Crippen molar-refractivity contribution in [3.63, 3.8) is 0 Å². The molecule has 4 N–H and O–H groups in total. The Balaban J connectivity index is 2.53. The molecule has 0 aromatic heterocycles. The number of benzene rings is 1. The second-order valence-corrected chi connectivity index (χ2v) is 4.30. The molecule has 1 unspecified atom stereocenters. The van der Waals surface area contributed by atoms with Crippen molar-refractivity contribution in [2.45, 2.75) is 39.2 Å². The van der Waals surface area contributed by atoms with E-state index in [1.165, 1.54) is 0 Å². The summed E-state index contributed by atoms with van der Waals surface area (Å²) in [7, 11) is 0. The molecule has 0 aliphatic heterocycles. The molecule has 1 atom stereocenters. The Morgan fingerprint density at radius 3 is 2.82 bits per heavy atom. The lowest BCUT2D eigenvalue weighted by Crippen LogP contribution is -2.26. The number of hydrogen-bond acceptors (Lipinski definition) is 3. The molecule has 17 heavy (non-hydrogen) atoms. The molecule has 4 heteroatoms. The SMILES string of the molecule is CCCC(N)CC(=O)Nc1ccc(O)c(C)c1. The summed E-state index contributed by atoms with van der Waals surface area (Å²) in [6.07, 6.45) is 2.16. The third kappa shape index (κ3) is 4.44. The Kier molecular flexibility index (Phi) is 4.97. The van der Waals surface area contributed by atoms with Gasteiger partial charge in [0.05, 0.1) is 0 Å². The maximum atomic E-state index is 11.6. The predicted octanol–water partition coefficient (Wildman–Crippen LogP) is 2.16. The number of nitrogens with two attached hydrogens (primary N) is 1. The predicted molar refractivity (Wildman–Crippen MR) is 69.0 cm³/mol. The van der Waals surface area contributed by atoms with Crippen molar-refractivity contribution in [1.29, 1.82) is 0 Å². The van der Waals surface area contributed by atoms with Gasteiger partial charge in [0, 0.05) is 18.2 Å². The molecular weight excluding hydrogens is 216 g/mol. The van der Waals surface area contributed by atoms with Crippen LogP contribution in [0.2, 0.25) is 0 Å². The van der Waals surface area contributed by atoms with Gasteiger partial charge in [-0.15, -0.1) is 0 Å². The molecular formula is C13H20N2O2. The van der Waals surface area contributed by atoms with Crippen LogP contribution in [0.5, 0.6) is 5.75 Å². The first-order chi connectivity index (χ1) is 8.02. The van der Waals surface area contributed by atoms with Gasteiger partial charge in [-0.05, 0) is 37.1 Å². The molecule has 0 radical (unpaired) electrons. The largest absolute Gasteiger partial charge is 0.508 e. The molecule has 1 aromatic rings. The molecule has 0 spiro atoms. The van der Waals surface area contributed by atoms with Gasteiger partial charge in [0.15, 0.2) is 0 Å². The highest BCUT2D eigenvalue weighted by Crippen LogP contribution is 2.20. The van der Waals surface area contributed by atoms with Crippen molar-refractivity contribution < 1.29 is 9.90 Å². The Bertz CT molecular complexity index is 391. The van der Waals surface area contributed by atoms with Crippen LogP contribution in [0.4, 0.5) is 5.69 Å². The topological polar surface area (TPSA) is 75.4 Å². The van der Waals surface area contributed by atoms with Gasteiger partial charge in [0.25, 0.3) is 0 Å². The first kappa shape index (κ1) is 13.5. The van der Waals surface area contributed by atoms with Crippen LogP contribution >= 0.6 is 0 Å². The number of anilines is 1. The zero-order valence-corrected chi connectivity index (χ0v) is 10.4. The van der Waals surface area contributed by atoms with E-state index in [0.29, 0.717) is 12.1 Å². The summed E-state index contributed by atoms with van der Waals surface area (Å²) >= 11 is 0. The smallest absolute Gasteiger partial charge is 0.225 e. The highest BCUT2D eigenvalue weighted by Gasteiger charge is 2.09. The molecule has 4 nitrogen and oxygen atoms in total. The average Bonchev–Trinajstić information content (AvgIpc) is 2.23. The van der Waals surface area contributed by atoms with Crippen LogP contribution in [-0.2, 0) is 4.79 Å². The van der Waals surface area contributed by atoms with E-state index in [1.807, 2.05) is 6.92 Å². The van der Waals surface area contributed by atoms with Crippen LogP contribution in [-0.4, -0.2) is 17.1 Å². The van der Waals surface area contributed by atoms with E-state index >= 15 is 0 Å². The first-order valence-corrected chi connectivity index (χ1v) is 5.88. The molecule has 0 fully saturated rings. The minimum atomic E-state index is -0.0870. The Morgan fingerprint density at radius 2 is 2.24 bits per heavy atom. The summed E-state index contributed by atoms with van der Waals surface area (Å²) in [6.45, 7) is 3.83. The number of phenols is 1. The fourth-order valence-electron chi connectivity index (χ4n) is 1.66. The van der Waals surface area contributed by atoms with Crippen LogP contribution in [0.3, 0.4) is 0 Å². The maximum absolute atomic E-state index is 11.6. The number of aryl methyl sites for hydroxylation is 1. The zero-order chi connectivity index (χ0) is 12.8. The van der Waals surface area contributed by atoms with E-state index in [4.69, 9.17) is 5.73 Å². The standard InChI is InChI=1S/C13H20N2O2/c1-3-4-10(14)8-13(17)15-11-5-6-12(16)9(2)7-11/h5-7,10,16H,3-4,8,14H2,1-2H3,(H,15,17). The monoisotopic (exact) mass is 236 g/mol. The van der Waals surface area contributed by atoms with Crippen molar-refractivity contribution >= 4 is 11.6 Å². The fraction of sp³-hybridized carbons (Fsp3) is 0.462. The van der Waals surface area contributed by atoms with E-state index in [0.717, 1.165) is 18.4 Å². The van der Waals surface area contributed by atoms with Gasteiger partial charge in [0.2, 0.25) is 5.91 Å². The molecule has 1 aromatic carbocycles. The number of hydrogen-bond donors (Lipinski definition) is 3. The lowest BCUT2D eigenvalue weighted by molar-refractivity contribution is -0.116. The van der Waals surface area contributed by atoms with Crippen molar-refractivity contribution in [2.24, 2.45) is 5.73 Å². The summed E-state index contributed by atoms with van der Waals surface area (Å²) in [6, 6.07) is 4.89. The molecule has 0 aliphatic carbocycles. The maximum Gasteiger partial charge on any atom is 0.225 e. The van der Waals surface area contributed by atoms with Crippen LogP contribution in [0, 0.1) is 6.92 Å². The van der Waals surface area contributed by atoms with Gasteiger partial charge in [-0.25, -0.2) is 0 Å². The number of carbonyl (C=O) groups is 1. The van der Waals surface area contributed by atoms with E-state index in [2.05, 4.69) is 5.32 Å². The first-order valence-electron chi connectivity index (χ1n) is 5.88. The van der Waals surface area contributed by atoms with Crippen LogP contribution in [0.15, 0.2) is 18.2 Å². The third-order valence-corrected chi connectivity index (χ3v) is 2.59. The number of amides is 1. The second-order valence-electron chi connectivity index (χ2n) is 4.30. The van der Waals surface area contributed by atoms with Gasteiger partial charge < -0.3 is 16.2 Å². The van der Waals surface area contributed by atoms with Crippen molar-refractivity contribution in [3.8, 4) is 5.75 Å². The Morgan fingerprint density at radius 1 is 1.53 bits per heavy atom. The van der Waals surface area contributed by atoms with Crippen LogP contribution in [0.25, 0.3) is 0 Å². The minimum Gasteiger partial charge on any atom is -0.508 e. The fourth-order valence-corrected chi connectivity index (χ4v) is 1.66. The molecule has 1 amide bonds. The molecule has 0 heterocycles. The van der Waals surface area contributed by atoms with E-state index < -0.39 is 0 Å². The normalized spacial score (nSPS) is 12.2. The Labute approximate surface area is 102 Å². The van der Waals surface area contributed by atoms with Gasteiger partial charge >= 0.3 is 0 Å². The van der Waals surface area contributed by atoms with E-state index in [9.17, 15) is 9.90 Å². The van der Waals surface area contributed by atoms with Gasteiger partial charge in [-0.1, -0.05) is 13.3 Å². The van der Waals surface area contributed by atoms with E-state index in [1.54, 1.807) is 25.1 Å². The number of nitrogens with one attached hydrogen (secondary N) is 1.